The number of hydrogen-bond acceptors (Lipinski definition) is 3. The van der Waals surface area contributed by atoms with E-state index in [0.29, 0.717) is 19.6 Å². The number of carbonyl (C=O) groups excluding carboxylic acids is 1. The van der Waals surface area contributed by atoms with E-state index in [-0.39, 0.29) is 6.03 Å². The SMILES string of the molecule is O=C(NCc1cnn(-c2ccccc2)c1)N1CCN(c2cccc(Cl)c2)CC1. The van der Waals surface area contributed by atoms with Gasteiger partial charge in [-0.1, -0.05) is 35.9 Å². The number of aromatic nitrogens is 2. The van der Waals surface area contributed by atoms with E-state index in [4.69, 9.17) is 11.6 Å². The molecule has 6 nitrogen and oxygen atoms in total. The molecule has 0 saturated carbocycles. The highest BCUT2D eigenvalue weighted by Crippen LogP contribution is 2.20. The van der Waals surface area contributed by atoms with Crippen molar-refractivity contribution in [3.63, 3.8) is 0 Å². The molecule has 1 aliphatic heterocycles. The summed E-state index contributed by atoms with van der Waals surface area (Å²) in [5.74, 6) is 0. The van der Waals surface area contributed by atoms with Crippen LogP contribution in [-0.4, -0.2) is 46.9 Å². The van der Waals surface area contributed by atoms with Crippen LogP contribution in [0.3, 0.4) is 0 Å². The Morgan fingerprint density at radius 2 is 1.75 bits per heavy atom. The molecule has 3 aromatic rings. The Labute approximate surface area is 169 Å². The quantitative estimate of drug-likeness (QED) is 0.734. The normalized spacial score (nSPS) is 14.2. The number of para-hydroxylation sites is 1. The van der Waals surface area contributed by atoms with Crippen LogP contribution in [0.4, 0.5) is 10.5 Å². The van der Waals surface area contributed by atoms with Gasteiger partial charge in [-0.25, -0.2) is 9.48 Å². The van der Waals surface area contributed by atoms with E-state index in [2.05, 4.69) is 15.3 Å². The number of amides is 2. The number of carbonyl (C=O) groups is 1. The van der Waals surface area contributed by atoms with Gasteiger partial charge in [0.05, 0.1) is 11.9 Å². The van der Waals surface area contributed by atoms with Crippen molar-refractivity contribution in [1.29, 1.82) is 0 Å². The molecule has 4 rings (SSSR count). The summed E-state index contributed by atoms with van der Waals surface area (Å²) in [6.45, 7) is 3.41. The highest BCUT2D eigenvalue weighted by Gasteiger charge is 2.21. The molecule has 0 atom stereocenters. The zero-order valence-electron chi connectivity index (χ0n) is 15.5. The highest BCUT2D eigenvalue weighted by molar-refractivity contribution is 6.30. The lowest BCUT2D eigenvalue weighted by molar-refractivity contribution is 0.194. The van der Waals surface area contributed by atoms with Gasteiger partial charge in [0.15, 0.2) is 0 Å². The summed E-state index contributed by atoms with van der Waals surface area (Å²) in [6, 6.07) is 17.7. The van der Waals surface area contributed by atoms with E-state index < -0.39 is 0 Å². The standard InChI is InChI=1S/C21H22ClN5O/c22-18-5-4-8-20(13-18)25-9-11-26(12-10-25)21(28)23-14-17-15-24-27(16-17)19-6-2-1-3-7-19/h1-8,13,15-16H,9-12,14H2,(H,23,28). The number of benzene rings is 2. The van der Waals surface area contributed by atoms with Crippen LogP contribution in [0.25, 0.3) is 5.69 Å². The van der Waals surface area contributed by atoms with Gasteiger partial charge in [-0.3, -0.25) is 0 Å². The topological polar surface area (TPSA) is 53.4 Å². The van der Waals surface area contributed by atoms with Gasteiger partial charge < -0.3 is 15.1 Å². The summed E-state index contributed by atoms with van der Waals surface area (Å²) in [5.41, 5.74) is 3.06. The van der Waals surface area contributed by atoms with Crippen molar-refractivity contribution in [2.24, 2.45) is 0 Å². The van der Waals surface area contributed by atoms with Crippen LogP contribution in [-0.2, 0) is 6.54 Å². The zero-order chi connectivity index (χ0) is 19.3. The molecule has 1 saturated heterocycles. The molecule has 1 N–H and O–H groups in total. The van der Waals surface area contributed by atoms with E-state index in [9.17, 15) is 4.79 Å². The summed E-state index contributed by atoms with van der Waals surface area (Å²) in [5, 5.41) is 8.08. The van der Waals surface area contributed by atoms with E-state index in [1.807, 2.05) is 70.4 Å². The van der Waals surface area contributed by atoms with Crippen LogP contribution in [0.5, 0.6) is 0 Å². The minimum atomic E-state index is -0.0433. The molecule has 0 spiro atoms. The Balaban J connectivity index is 1.28. The number of nitrogens with zero attached hydrogens (tertiary/aromatic N) is 4. The molecule has 2 amide bonds. The largest absolute Gasteiger partial charge is 0.368 e. The number of hydrogen-bond donors (Lipinski definition) is 1. The van der Waals surface area contributed by atoms with Crippen molar-refractivity contribution in [3.8, 4) is 5.69 Å². The second-order valence-corrected chi connectivity index (χ2v) is 7.18. The third-order valence-electron chi connectivity index (χ3n) is 4.84. The van der Waals surface area contributed by atoms with Crippen molar-refractivity contribution in [2.75, 3.05) is 31.1 Å². The molecule has 0 aliphatic carbocycles. The molecule has 0 bridgehead atoms. The summed E-state index contributed by atoms with van der Waals surface area (Å²) in [6.07, 6.45) is 3.72. The Bertz CT molecular complexity index is 935. The first-order valence-electron chi connectivity index (χ1n) is 9.31. The fourth-order valence-electron chi connectivity index (χ4n) is 3.30. The Morgan fingerprint density at radius 1 is 1.00 bits per heavy atom. The summed E-state index contributed by atoms with van der Waals surface area (Å²) in [4.78, 5) is 16.6. The fraction of sp³-hybridized carbons (Fsp3) is 0.238. The van der Waals surface area contributed by atoms with E-state index in [1.54, 1.807) is 6.20 Å². The number of anilines is 1. The minimum absolute atomic E-state index is 0.0433. The van der Waals surface area contributed by atoms with Crippen molar-refractivity contribution in [3.05, 3.63) is 77.6 Å². The molecule has 1 aromatic heterocycles. The predicted molar refractivity (Wildman–Crippen MR) is 111 cm³/mol. The van der Waals surface area contributed by atoms with E-state index in [1.165, 1.54) is 0 Å². The maximum Gasteiger partial charge on any atom is 0.317 e. The van der Waals surface area contributed by atoms with Gasteiger partial charge >= 0.3 is 6.03 Å². The summed E-state index contributed by atoms with van der Waals surface area (Å²) >= 11 is 6.08. The second kappa shape index (κ2) is 8.35. The Kier molecular flexibility index (Phi) is 5.48. The molecule has 7 heteroatoms. The van der Waals surface area contributed by atoms with Crippen LogP contribution in [0.2, 0.25) is 5.02 Å². The lowest BCUT2D eigenvalue weighted by Gasteiger charge is -2.36. The molecule has 0 radical (unpaired) electrons. The second-order valence-electron chi connectivity index (χ2n) is 6.74. The molecule has 0 unspecified atom stereocenters. The lowest BCUT2D eigenvalue weighted by atomic mass is 10.2. The van der Waals surface area contributed by atoms with Crippen molar-refractivity contribution in [1.82, 2.24) is 20.0 Å². The van der Waals surface area contributed by atoms with Crippen molar-refractivity contribution >= 4 is 23.3 Å². The van der Waals surface area contributed by atoms with Gasteiger partial charge in [-0.15, -0.1) is 0 Å². The van der Waals surface area contributed by atoms with Crippen molar-refractivity contribution < 1.29 is 4.79 Å². The Hall–Kier alpha value is -2.99. The molecule has 144 valence electrons. The smallest absolute Gasteiger partial charge is 0.317 e. The Morgan fingerprint density at radius 3 is 2.50 bits per heavy atom. The number of nitrogens with one attached hydrogen (secondary N) is 1. The molecular weight excluding hydrogens is 374 g/mol. The third kappa shape index (κ3) is 4.28. The highest BCUT2D eigenvalue weighted by atomic mass is 35.5. The van der Waals surface area contributed by atoms with Gasteiger partial charge in [-0.05, 0) is 30.3 Å². The van der Waals surface area contributed by atoms with E-state index >= 15 is 0 Å². The maximum atomic E-state index is 12.5. The predicted octanol–water partition coefficient (Wildman–Crippen LogP) is 3.56. The first kappa shape index (κ1) is 18.4. The molecule has 2 heterocycles. The van der Waals surface area contributed by atoms with Crippen LogP contribution < -0.4 is 10.2 Å². The first-order valence-corrected chi connectivity index (χ1v) is 9.69. The van der Waals surface area contributed by atoms with Gasteiger partial charge in [0.25, 0.3) is 0 Å². The fourth-order valence-corrected chi connectivity index (χ4v) is 3.49. The van der Waals surface area contributed by atoms with Crippen LogP contribution >= 0.6 is 11.6 Å². The lowest BCUT2D eigenvalue weighted by Crippen LogP contribution is -2.51. The average molecular weight is 396 g/mol. The van der Waals surface area contributed by atoms with Gasteiger partial charge in [0, 0.05) is 55.2 Å². The maximum absolute atomic E-state index is 12.5. The number of piperazine rings is 1. The molecule has 1 aliphatic rings. The number of urea groups is 1. The minimum Gasteiger partial charge on any atom is -0.368 e. The van der Waals surface area contributed by atoms with Crippen LogP contribution in [0, 0.1) is 0 Å². The van der Waals surface area contributed by atoms with Crippen molar-refractivity contribution in [2.45, 2.75) is 6.54 Å². The van der Waals surface area contributed by atoms with Gasteiger partial charge in [-0.2, -0.15) is 5.10 Å². The number of halogens is 1. The summed E-state index contributed by atoms with van der Waals surface area (Å²) < 4.78 is 1.81. The molecule has 28 heavy (non-hydrogen) atoms. The molecule has 2 aromatic carbocycles. The zero-order valence-corrected chi connectivity index (χ0v) is 16.2. The van der Waals surface area contributed by atoms with Gasteiger partial charge in [0.1, 0.15) is 0 Å². The first-order chi connectivity index (χ1) is 13.7. The van der Waals surface area contributed by atoms with Crippen LogP contribution in [0.15, 0.2) is 67.0 Å². The summed E-state index contributed by atoms with van der Waals surface area (Å²) in [7, 11) is 0. The van der Waals surface area contributed by atoms with E-state index in [0.717, 1.165) is 35.1 Å². The molecule has 1 fully saturated rings. The monoisotopic (exact) mass is 395 g/mol. The third-order valence-corrected chi connectivity index (χ3v) is 5.08. The average Bonchev–Trinajstić information content (AvgIpc) is 3.22. The van der Waals surface area contributed by atoms with Crippen LogP contribution in [0.1, 0.15) is 5.56 Å². The van der Waals surface area contributed by atoms with Gasteiger partial charge in [0.2, 0.25) is 0 Å². The number of rotatable bonds is 4. The molecular formula is C21H22ClN5O.